The molecule has 0 fully saturated rings. The molecule has 3 aromatic carbocycles. The summed E-state index contributed by atoms with van der Waals surface area (Å²) in [5, 5.41) is 2.78. The maximum atomic E-state index is 12.8. The fourth-order valence-corrected chi connectivity index (χ4v) is 3.72. The van der Waals surface area contributed by atoms with Gasteiger partial charge in [-0.3, -0.25) is 9.52 Å². The largest absolute Gasteiger partial charge is 0.492 e. The Morgan fingerprint density at radius 3 is 2.18 bits per heavy atom. The quantitative estimate of drug-likeness (QED) is 0.629. The number of rotatable bonds is 7. The summed E-state index contributed by atoms with van der Waals surface area (Å²) in [4.78, 5) is 12.9. The van der Waals surface area contributed by atoms with Crippen LogP contribution in [0.15, 0.2) is 83.8 Å². The van der Waals surface area contributed by atoms with Gasteiger partial charge in [-0.2, -0.15) is 0 Å². The van der Waals surface area contributed by atoms with Crippen LogP contribution in [-0.2, 0) is 10.0 Å². The SMILES string of the molecule is CCOc1ccccc1NC(=O)c1ccccc1NS(=O)(=O)c1ccccc1. The van der Waals surface area contributed by atoms with Crippen LogP contribution in [0, 0.1) is 0 Å². The number of para-hydroxylation sites is 3. The van der Waals surface area contributed by atoms with Crippen LogP contribution >= 0.6 is 0 Å². The standard InChI is InChI=1S/C21H20N2O4S/c1-2-27-20-15-9-8-14-19(20)22-21(24)17-12-6-7-13-18(17)23-28(25,26)16-10-4-3-5-11-16/h3-15,23H,2H2,1H3,(H,22,24). The lowest BCUT2D eigenvalue weighted by Crippen LogP contribution is -2.19. The van der Waals surface area contributed by atoms with Gasteiger partial charge in [-0.15, -0.1) is 0 Å². The maximum Gasteiger partial charge on any atom is 0.261 e. The van der Waals surface area contributed by atoms with E-state index in [1.807, 2.05) is 13.0 Å². The number of anilines is 2. The van der Waals surface area contributed by atoms with Crippen molar-refractivity contribution >= 4 is 27.3 Å². The van der Waals surface area contributed by atoms with Gasteiger partial charge in [0.25, 0.3) is 15.9 Å². The number of ether oxygens (including phenoxy) is 1. The van der Waals surface area contributed by atoms with Gasteiger partial charge in [0.2, 0.25) is 0 Å². The summed E-state index contributed by atoms with van der Waals surface area (Å²) in [6.45, 7) is 2.31. The van der Waals surface area contributed by atoms with E-state index in [1.165, 1.54) is 12.1 Å². The van der Waals surface area contributed by atoms with E-state index < -0.39 is 15.9 Å². The fourth-order valence-electron chi connectivity index (χ4n) is 2.61. The minimum Gasteiger partial charge on any atom is -0.492 e. The minimum atomic E-state index is -3.81. The molecule has 0 radical (unpaired) electrons. The lowest BCUT2D eigenvalue weighted by molar-refractivity contribution is 0.102. The molecule has 0 bridgehead atoms. The molecule has 0 aromatic heterocycles. The van der Waals surface area contributed by atoms with Crippen LogP contribution in [0.4, 0.5) is 11.4 Å². The summed E-state index contributed by atoms with van der Waals surface area (Å²) < 4.78 is 33.2. The smallest absolute Gasteiger partial charge is 0.261 e. The van der Waals surface area contributed by atoms with Crippen molar-refractivity contribution < 1.29 is 17.9 Å². The van der Waals surface area contributed by atoms with Gasteiger partial charge in [0.15, 0.2) is 0 Å². The minimum absolute atomic E-state index is 0.118. The first-order valence-corrected chi connectivity index (χ1v) is 10.2. The summed E-state index contributed by atoms with van der Waals surface area (Å²) in [6.07, 6.45) is 0. The lowest BCUT2D eigenvalue weighted by atomic mass is 10.1. The molecule has 0 saturated carbocycles. The van der Waals surface area contributed by atoms with E-state index >= 15 is 0 Å². The number of benzene rings is 3. The van der Waals surface area contributed by atoms with Crippen LogP contribution in [0.2, 0.25) is 0 Å². The molecule has 0 heterocycles. The average molecular weight is 396 g/mol. The highest BCUT2D eigenvalue weighted by molar-refractivity contribution is 7.92. The first-order chi connectivity index (χ1) is 13.5. The summed E-state index contributed by atoms with van der Waals surface area (Å²) in [5.74, 6) is 0.0965. The molecule has 0 aliphatic rings. The summed E-state index contributed by atoms with van der Waals surface area (Å²) >= 11 is 0. The molecule has 7 heteroatoms. The van der Waals surface area contributed by atoms with Crippen molar-refractivity contribution in [3.8, 4) is 5.75 Å². The van der Waals surface area contributed by atoms with E-state index in [9.17, 15) is 13.2 Å². The third kappa shape index (κ3) is 4.50. The van der Waals surface area contributed by atoms with Gasteiger partial charge in [0, 0.05) is 0 Å². The number of amides is 1. The highest BCUT2D eigenvalue weighted by Gasteiger charge is 2.19. The molecule has 1 amide bonds. The molecule has 0 aliphatic heterocycles. The molecule has 0 saturated heterocycles. The molecular formula is C21H20N2O4S. The summed E-state index contributed by atoms with van der Waals surface area (Å²) in [6, 6.07) is 21.5. The molecule has 3 rings (SSSR count). The molecule has 3 aromatic rings. The molecule has 0 atom stereocenters. The lowest BCUT2D eigenvalue weighted by Gasteiger charge is -2.14. The average Bonchev–Trinajstić information content (AvgIpc) is 2.70. The Bertz CT molecular complexity index is 1070. The summed E-state index contributed by atoms with van der Waals surface area (Å²) in [5.41, 5.74) is 0.904. The van der Waals surface area contributed by atoms with E-state index in [-0.39, 0.29) is 16.1 Å². The molecular weight excluding hydrogens is 376 g/mol. The predicted molar refractivity (Wildman–Crippen MR) is 109 cm³/mol. The van der Waals surface area contributed by atoms with Crippen molar-refractivity contribution in [1.82, 2.24) is 0 Å². The summed E-state index contributed by atoms with van der Waals surface area (Å²) in [7, 11) is -3.81. The van der Waals surface area contributed by atoms with Crippen LogP contribution in [0.1, 0.15) is 17.3 Å². The molecule has 0 aliphatic carbocycles. The molecule has 0 spiro atoms. The molecule has 2 N–H and O–H groups in total. The number of carbonyl (C=O) groups is 1. The van der Waals surface area contributed by atoms with Crippen molar-refractivity contribution in [3.05, 3.63) is 84.4 Å². The Labute approximate surface area is 164 Å². The third-order valence-corrected chi connectivity index (χ3v) is 5.29. The van der Waals surface area contributed by atoms with Crippen molar-refractivity contribution in [2.75, 3.05) is 16.6 Å². The number of carbonyl (C=O) groups excluding carboxylic acids is 1. The van der Waals surface area contributed by atoms with Gasteiger partial charge in [0.05, 0.1) is 28.4 Å². The molecule has 28 heavy (non-hydrogen) atoms. The van der Waals surface area contributed by atoms with Gasteiger partial charge in [0.1, 0.15) is 5.75 Å². The Morgan fingerprint density at radius 1 is 0.857 bits per heavy atom. The van der Waals surface area contributed by atoms with Crippen LogP contribution in [0.5, 0.6) is 5.75 Å². The Kier molecular flexibility index (Phi) is 5.96. The molecule has 144 valence electrons. The Balaban J connectivity index is 1.87. The number of nitrogens with one attached hydrogen (secondary N) is 2. The highest BCUT2D eigenvalue weighted by Crippen LogP contribution is 2.26. The van der Waals surface area contributed by atoms with Crippen molar-refractivity contribution in [1.29, 1.82) is 0 Å². The van der Waals surface area contributed by atoms with Crippen molar-refractivity contribution in [2.24, 2.45) is 0 Å². The normalized spacial score (nSPS) is 10.9. The third-order valence-electron chi connectivity index (χ3n) is 3.90. The van der Waals surface area contributed by atoms with Gasteiger partial charge < -0.3 is 10.1 Å². The van der Waals surface area contributed by atoms with Crippen LogP contribution in [0.25, 0.3) is 0 Å². The van der Waals surface area contributed by atoms with E-state index in [2.05, 4.69) is 10.0 Å². The predicted octanol–water partition coefficient (Wildman–Crippen LogP) is 4.14. The zero-order valence-electron chi connectivity index (χ0n) is 15.3. The zero-order chi connectivity index (χ0) is 20.0. The monoisotopic (exact) mass is 396 g/mol. The molecule has 6 nitrogen and oxygen atoms in total. The second kappa shape index (κ2) is 8.58. The van der Waals surface area contributed by atoms with E-state index in [0.717, 1.165) is 0 Å². The highest BCUT2D eigenvalue weighted by atomic mass is 32.2. The topological polar surface area (TPSA) is 84.5 Å². The van der Waals surface area contributed by atoms with E-state index in [1.54, 1.807) is 60.7 Å². The van der Waals surface area contributed by atoms with E-state index in [0.29, 0.717) is 18.0 Å². The second-order valence-corrected chi connectivity index (χ2v) is 7.53. The first-order valence-electron chi connectivity index (χ1n) is 8.71. The van der Waals surface area contributed by atoms with Gasteiger partial charge in [-0.1, -0.05) is 42.5 Å². The first kappa shape index (κ1) is 19.4. The Hall–Kier alpha value is -3.32. The van der Waals surface area contributed by atoms with Crippen molar-refractivity contribution in [2.45, 2.75) is 11.8 Å². The number of hydrogen-bond donors (Lipinski definition) is 2. The van der Waals surface area contributed by atoms with Crippen LogP contribution < -0.4 is 14.8 Å². The number of sulfonamides is 1. The maximum absolute atomic E-state index is 12.8. The van der Waals surface area contributed by atoms with Gasteiger partial charge in [-0.25, -0.2) is 8.42 Å². The Morgan fingerprint density at radius 2 is 1.46 bits per heavy atom. The van der Waals surface area contributed by atoms with Crippen molar-refractivity contribution in [3.63, 3.8) is 0 Å². The van der Waals surface area contributed by atoms with E-state index in [4.69, 9.17) is 4.74 Å². The van der Waals surface area contributed by atoms with Gasteiger partial charge in [-0.05, 0) is 43.3 Å². The fraction of sp³-hybridized carbons (Fsp3) is 0.0952. The van der Waals surface area contributed by atoms with Crippen LogP contribution in [-0.4, -0.2) is 20.9 Å². The zero-order valence-corrected chi connectivity index (χ0v) is 16.1. The number of hydrogen-bond acceptors (Lipinski definition) is 4. The molecule has 0 unspecified atom stereocenters. The van der Waals surface area contributed by atoms with Crippen LogP contribution in [0.3, 0.4) is 0 Å². The van der Waals surface area contributed by atoms with Gasteiger partial charge >= 0.3 is 0 Å². The second-order valence-electron chi connectivity index (χ2n) is 5.85.